The average molecular weight is 309 g/mol. The third kappa shape index (κ3) is 5.15. The van der Waals surface area contributed by atoms with Gasteiger partial charge in [-0.3, -0.25) is 0 Å². The molecule has 0 bridgehead atoms. The number of rotatable bonds is 6. The Bertz CT molecular complexity index is 672. The zero-order valence-corrected chi connectivity index (χ0v) is 13.2. The van der Waals surface area contributed by atoms with Crippen LogP contribution in [0.15, 0.2) is 54.6 Å². The van der Waals surface area contributed by atoms with E-state index in [1.54, 1.807) is 48.5 Å². The van der Waals surface area contributed by atoms with Gasteiger partial charge in [-0.15, -0.1) is 0 Å². The van der Waals surface area contributed by atoms with Gasteiger partial charge in [-0.25, -0.2) is 4.79 Å². The first kappa shape index (κ1) is 16.6. The molecule has 0 saturated carbocycles. The van der Waals surface area contributed by atoms with Crippen LogP contribution in [0, 0.1) is 17.2 Å². The maximum Gasteiger partial charge on any atom is 0.343 e. The van der Waals surface area contributed by atoms with Gasteiger partial charge in [0.05, 0.1) is 5.56 Å². The van der Waals surface area contributed by atoms with E-state index in [-0.39, 0.29) is 0 Å². The third-order valence-electron chi connectivity index (χ3n) is 3.15. The van der Waals surface area contributed by atoms with Gasteiger partial charge < -0.3 is 9.47 Å². The highest BCUT2D eigenvalue weighted by Crippen LogP contribution is 2.21. The summed E-state index contributed by atoms with van der Waals surface area (Å²) in [7, 11) is 0. The number of esters is 1. The molecule has 0 unspecified atom stereocenters. The lowest BCUT2D eigenvalue weighted by Crippen LogP contribution is -2.16. The highest BCUT2D eigenvalue weighted by atomic mass is 16.5. The molecular weight excluding hydrogens is 290 g/mol. The van der Waals surface area contributed by atoms with Crippen LogP contribution < -0.4 is 9.47 Å². The molecule has 2 aromatic carbocycles. The second-order valence-electron chi connectivity index (χ2n) is 5.59. The minimum absolute atomic E-state index is 0.380. The minimum Gasteiger partial charge on any atom is -0.476 e. The molecule has 0 spiro atoms. The molecule has 0 radical (unpaired) electrons. The first-order valence-corrected chi connectivity index (χ1v) is 7.52. The SMILES string of the molecule is CC(C)C[C@H](C#N)Oc1ccc(OC(=O)c2ccccc2)cc1. The Morgan fingerprint density at radius 1 is 1.04 bits per heavy atom. The summed E-state index contributed by atoms with van der Waals surface area (Å²) in [6, 6.07) is 17.6. The maximum atomic E-state index is 11.9. The first-order chi connectivity index (χ1) is 11.1. The summed E-state index contributed by atoms with van der Waals surface area (Å²) in [5.74, 6) is 0.986. The number of nitrogens with zero attached hydrogens (tertiary/aromatic N) is 1. The second-order valence-corrected chi connectivity index (χ2v) is 5.59. The van der Waals surface area contributed by atoms with E-state index in [2.05, 4.69) is 6.07 Å². The zero-order valence-electron chi connectivity index (χ0n) is 13.2. The van der Waals surface area contributed by atoms with E-state index < -0.39 is 12.1 Å². The molecule has 4 heteroatoms. The number of hydrogen-bond acceptors (Lipinski definition) is 4. The average Bonchev–Trinajstić information content (AvgIpc) is 2.56. The smallest absolute Gasteiger partial charge is 0.343 e. The van der Waals surface area contributed by atoms with Crippen molar-refractivity contribution in [3.05, 3.63) is 60.2 Å². The van der Waals surface area contributed by atoms with Crippen molar-refractivity contribution in [2.24, 2.45) is 5.92 Å². The van der Waals surface area contributed by atoms with Crippen LogP contribution in [0.1, 0.15) is 30.6 Å². The van der Waals surface area contributed by atoms with E-state index in [1.807, 2.05) is 19.9 Å². The quantitative estimate of drug-likeness (QED) is 0.592. The van der Waals surface area contributed by atoms with E-state index in [9.17, 15) is 4.79 Å². The predicted octanol–water partition coefficient (Wildman–Crippen LogP) is 4.22. The van der Waals surface area contributed by atoms with Gasteiger partial charge in [0.2, 0.25) is 0 Å². The van der Waals surface area contributed by atoms with Crippen molar-refractivity contribution >= 4 is 5.97 Å². The zero-order chi connectivity index (χ0) is 16.7. The normalized spacial score (nSPS) is 11.6. The van der Waals surface area contributed by atoms with Gasteiger partial charge in [0, 0.05) is 6.42 Å². The Hall–Kier alpha value is -2.80. The lowest BCUT2D eigenvalue weighted by molar-refractivity contribution is 0.0734. The van der Waals surface area contributed by atoms with Gasteiger partial charge in [-0.05, 0) is 42.3 Å². The van der Waals surface area contributed by atoms with Crippen LogP contribution in [-0.4, -0.2) is 12.1 Å². The fourth-order valence-corrected chi connectivity index (χ4v) is 2.05. The van der Waals surface area contributed by atoms with Crippen LogP contribution in [0.5, 0.6) is 11.5 Å². The minimum atomic E-state index is -0.479. The summed E-state index contributed by atoms with van der Waals surface area (Å²) < 4.78 is 10.9. The van der Waals surface area contributed by atoms with Crippen LogP contribution >= 0.6 is 0 Å². The maximum absolute atomic E-state index is 11.9. The molecule has 0 amide bonds. The van der Waals surface area contributed by atoms with Crippen molar-refractivity contribution in [3.63, 3.8) is 0 Å². The molecule has 0 heterocycles. The monoisotopic (exact) mass is 309 g/mol. The fraction of sp³-hybridized carbons (Fsp3) is 0.263. The predicted molar refractivity (Wildman–Crippen MR) is 87.3 cm³/mol. The molecule has 0 aliphatic heterocycles. The van der Waals surface area contributed by atoms with Crippen molar-refractivity contribution in [1.82, 2.24) is 0 Å². The van der Waals surface area contributed by atoms with Crippen molar-refractivity contribution in [1.29, 1.82) is 5.26 Å². The van der Waals surface area contributed by atoms with Crippen LogP contribution in [-0.2, 0) is 0 Å². The molecule has 1 atom stereocenters. The standard InChI is InChI=1S/C19H19NO3/c1-14(2)12-18(13-20)22-16-8-10-17(11-9-16)23-19(21)15-6-4-3-5-7-15/h3-11,14,18H,12H2,1-2H3/t18-/m1/s1. The Morgan fingerprint density at radius 2 is 1.65 bits per heavy atom. The first-order valence-electron chi connectivity index (χ1n) is 7.52. The molecule has 0 saturated heterocycles. The van der Waals surface area contributed by atoms with Gasteiger partial charge in [-0.2, -0.15) is 5.26 Å². The molecule has 23 heavy (non-hydrogen) atoms. The largest absolute Gasteiger partial charge is 0.476 e. The summed E-state index contributed by atoms with van der Waals surface area (Å²) in [6.45, 7) is 4.08. The molecule has 0 aromatic heterocycles. The van der Waals surface area contributed by atoms with Crippen LogP contribution in [0.25, 0.3) is 0 Å². The number of carbonyl (C=O) groups excluding carboxylic acids is 1. The van der Waals surface area contributed by atoms with Gasteiger partial charge in [0.1, 0.15) is 17.6 Å². The molecule has 118 valence electrons. The highest BCUT2D eigenvalue weighted by Gasteiger charge is 2.12. The van der Waals surface area contributed by atoms with Gasteiger partial charge in [-0.1, -0.05) is 32.0 Å². The topological polar surface area (TPSA) is 59.3 Å². The van der Waals surface area contributed by atoms with Crippen LogP contribution in [0.4, 0.5) is 0 Å². The molecule has 0 N–H and O–H groups in total. The number of hydrogen-bond donors (Lipinski definition) is 0. The van der Waals surface area contributed by atoms with Crippen molar-refractivity contribution in [3.8, 4) is 17.6 Å². The van der Waals surface area contributed by atoms with Gasteiger partial charge in [0.15, 0.2) is 6.10 Å². The van der Waals surface area contributed by atoms with Crippen molar-refractivity contribution in [2.45, 2.75) is 26.4 Å². The van der Waals surface area contributed by atoms with E-state index >= 15 is 0 Å². The van der Waals surface area contributed by atoms with Gasteiger partial charge >= 0.3 is 5.97 Å². The lowest BCUT2D eigenvalue weighted by Gasteiger charge is -2.14. The number of nitriles is 1. The fourth-order valence-electron chi connectivity index (χ4n) is 2.05. The van der Waals surface area contributed by atoms with E-state index in [0.717, 1.165) is 0 Å². The second kappa shape index (κ2) is 8.00. The van der Waals surface area contributed by atoms with E-state index in [4.69, 9.17) is 14.7 Å². The van der Waals surface area contributed by atoms with E-state index in [0.29, 0.717) is 29.4 Å². The van der Waals surface area contributed by atoms with Gasteiger partial charge in [0.25, 0.3) is 0 Å². The number of benzene rings is 2. The Labute approximate surface area is 136 Å². The van der Waals surface area contributed by atoms with Crippen molar-refractivity contribution < 1.29 is 14.3 Å². The summed E-state index contributed by atoms with van der Waals surface area (Å²) in [4.78, 5) is 11.9. The molecular formula is C19H19NO3. The number of carbonyl (C=O) groups is 1. The lowest BCUT2D eigenvalue weighted by atomic mass is 10.1. The molecule has 4 nitrogen and oxygen atoms in total. The Kier molecular flexibility index (Phi) is 5.76. The summed E-state index contributed by atoms with van der Waals surface area (Å²) >= 11 is 0. The van der Waals surface area contributed by atoms with Crippen LogP contribution in [0.3, 0.4) is 0 Å². The molecule has 0 fully saturated rings. The van der Waals surface area contributed by atoms with Crippen LogP contribution in [0.2, 0.25) is 0 Å². The molecule has 2 aromatic rings. The summed E-state index contributed by atoms with van der Waals surface area (Å²) in [5, 5.41) is 9.09. The molecule has 0 aliphatic rings. The van der Waals surface area contributed by atoms with Crippen molar-refractivity contribution in [2.75, 3.05) is 0 Å². The molecule has 2 rings (SSSR count). The van der Waals surface area contributed by atoms with E-state index in [1.165, 1.54) is 0 Å². The summed E-state index contributed by atoms with van der Waals surface area (Å²) in [5.41, 5.74) is 0.495. The summed E-state index contributed by atoms with van der Waals surface area (Å²) in [6.07, 6.45) is 0.189. The highest BCUT2D eigenvalue weighted by molar-refractivity contribution is 5.90. The Morgan fingerprint density at radius 3 is 2.22 bits per heavy atom. The Balaban J connectivity index is 1.97. The number of ether oxygens (including phenoxy) is 2. The third-order valence-corrected chi connectivity index (χ3v) is 3.15. The molecule has 0 aliphatic carbocycles.